The van der Waals surface area contributed by atoms with E-state index in [1.807, 2.05) is 24.3 Å². The minimum absolute atomic E-state index is 0.0322. The third-order valence-corrected chi connectivity index (χ3v) is 5.19. The number of para-hydroxylation sites is 2. The van der Waals surface area contributed by atoms with Crippen molar-refractivity contribution < 1.29 is 9.18 Å². The highest BCUT2D eigenvalue weighted by atomic mass is 32.1. The van der Waals surface area contributed by atoms with Gasteiger partial charge in [-0.25, -0.2) is 14.4 Å². The Morgan fingerprint density at radius 2 is 2.04 bits per heavy atom. The molecule has 6 nitrogen and oxygen atoms in total. The van der Waals surface area contributed by atoms with Crippen LogP contribution in [0, 0.1) is 5.82 Å². The minimum Gasteiger partial charge on any atom is -0.345 e. The average Bonchev–Trinajstić information content (AvgIpc) is 3.34. The molecule has 4 aromatic rings. The Labute approximate surface area is 164 Å². The molecule has 3 heterocycles. The molecule has 1 aromatic carbocycles. The third-order valence-electron chi connectivity index (χ3n) is 4.28. The summed E-state index contributed by atoms with van der Waals surface area (Å²) >= 11 is 1.45. The number of nitrogens with one attached hydrogen (secondary N) is 2. The van der Waals surface area contributed by atoms with Crippen molar-refractivity contribution in [3.05, 3.63) is 76.0 Å². The lowest BCUT2D eigenvalue weighted by Gasteiger charge is -2.03. The number of nitrogens with zero attached hydrogens (tertiary/aromatic N) is 3. The van der Waals surface area contributed by atoms with Gasteiger partial charge in [-0.1, -0.05) is 12.1 Å². The monoisotopic (exact) mass is 395 g/mol. The van der Waals surface area contributed by atoms with Crippen LogP contribution in [0.15, 0.2) is 48.0 Å². The van der Waals surface area contributed by atoms with Crippen LogP contribution in [0.3, 0.4) is 0 Å². The number of aromatic nitrogens is 4. The largest absolute Gasteiger partial charge is 0.345 e. The molecule has 2 N–H and O–H groups in total. The Kier molecular flexibility index (Phi) is 5.38. The van der Waals surface area contributed by atoms with Crippen molar-refractivity contribution in [2.75, 3.05) is 0 Å². The molecular formula is C20H18FN5OS. The summed E-state index contributed by atoms with van der Waals surface area (Å²) in [5, 5.41) is 5.27. The highest BCUT2D eigenvalue weighted by molar-refractivity contribution is 7.09. The number of thiazole rings is 1. The Bertz CT molecular complexity index is 1070. The van der Waals surface area contributed by atoms with Gasteiger partial charge < -0.3 is 10.3 Å². The molecule has 4 rings (SSSR count). The zero-order valence-corrected chi connectivity index (χ0v) is 15.8. The van der Waals surface area contributed by atoms with Gasteiger partial charge >= 0.3 is 0 Å². The van der Waals surface area contributed by atoms with E-state index >= 15 is 0 Å². The second kappa shape index (κ2) is 8.26. The van der Waals surface area contributed by atoms with Gasteiger partial charge in [0, 0.05) is 18.0 Å². The second-order valence-electron chi connectivity index (χ2n) is 6.30. The van der Waals surface area contributed by atoms with Gasteiger partial charge in [0.2, 0.25) is 0 Å². The summed E-state index contributed by atoms with van der Waals surface area (Å²) in [4.78, 5) is 28.4. The molecule has 0 fully saturated rings. The molecule has 0 aliphatic heterocycles. The van der Waals surface area contributed by atoms with Crippen LogP contribution in [0.2, 0.25) is 0 Å². The van der Waals surface area contributed by atoms with Gasteiger partial charge in [-0.2, -0.15) is 0 Å². The van der Waals surface area contributed by atoms with E-state index < -0.39 is 5.82 Å². The first-order chi connectivity index (χ1) is 13.7. The van der Waals surface area contributed by atoms with Gasteiger partial charge in [0.1, 0.15) is 17.3 Å². The number of halogens is 1. The fraction of sp³-hybridized carbons (Fsp3) is 0.200. The standard InChI is InChI=1S/C20H18FN5OS/c21-13-5-4-10-22-16(13)11-23-20(27)17-12-28-19(26-17)9-3-8-18-24-14-6-1-2-7-15(14)25-18/h1-2,4-7,10,12H,3,8-9,11H2,(H,23,27)(H,24,25). The molecule has 0 saturated carbocycles. The first kappa shape index (κ1) is 18.2. The van der Waals surface area contributed by atoms with E-state index in [2.05, 4.69) is 25.3 Å². The van der Waals surface area contributed by atoms with Crippen molar-refractivity contribution in [1.82, 2.24) is 25.3 Å². The van der Waals surface area contributed by atoms with Crippen molar-refractivity contribution in [1.29, 1.82) is 0 Å². The Morgan fingerprint density at radius 1 is 1.14 bits per heavy atom. The number of fused-ring (bicyclic) bond motifs is 1. The molecule has 0 unspecified atom stereocenters. The molecular weight excluding hydrogens is 377 g/mol. The van der Waals surface area contributed by atoms with E-state index in [1.165, 1.54) is 29.7 Å². The molecule has 1 amide bonds. The zero-order chi connectivity index (χ0) is 19.3. The summed E-state index contributed by atoms with van der Waals surface area (Å²) in [6.07, 6.45) is 3.96. The number of aryl methyl sites for hydroxylation is 2. The van der Waals surface area contributed by atoms with Gasteiger partial charge in [0.25, 0.3) is 5.91 Å². The normalized spacial score (nSPS) is 11.0. The summed E-state index contributed by atoms with van der Waals surface area (Å²) in [6.45, 7) is 0.0322. The summed E-state index contributed by atoms with van der Waals surface area (Å²) in [6, 6.07) is 10.8. The molecule has 142 valence electrons. The smallest absolute Gasteiger partial charge is 0.271 e. The van der Waals surface area contributed by atoms with Crippen LogP contribution in [0.25, 0.3) is 11.0 Å². The summed E-state index contributed by atoms with van der Waals surface area (Å²) in [5.41, 5.74) is 2.56. The van der Waals surface area contributed by atoms with Gasteiger partial charge in [-0.05, 0) is 37.1 Å². The number of pyridine rings is 1. The Morgan fingerprint density at radius 3 is 2.89 bits per heavy atom. The van der Waals surface area contributed by atoms with Crippen LogP contribution in [-0.4, -0.2) is 25.8 Å². The van der Waals surface area contributed by atoms with E-state index in [9.17, 15) is 9.18 Å². The first-order valence-electron chi connectivity index (χ1n) is 8.94. The number of imidazole rings is 1. The maximum atomic E-state index is 13.6. The van der Waals surface area contributed by atoms with E-state index in [1.54, 1.807) is 5.38 Å². The van der Waals surface area contributed by atoms with Crippen LogP contribution in [0.1, 0.15) is 33.4 Å². The summed E-state index contributed by atoms with van der Waals surface area (Å²) in [5.74, 6) is 0.185. The van der Waals surface area contributed by atoms with Gasteiger partial charge in [-0.3, -0.25) is 9.78 Å². The number of hydrogen-bond donors (Lipinski definition) is 2. The number of carbonyl (C=O) groups is 1. The molecule has 3 aromatic heterocycles. The molecule has 8 heteroatoms. The average molecular weight is 395 g/mol. The molecule has 0 spiro atoms. The lowest BCUT2D eigenvalue weighted by atomic mass is 10.2. The SMILES string of the molecule is O=C(NCc1ncccc1F)c1csc(CCCc2nc3ccccc3[nH]2)n1. The Hall–Kier alpha value is -3.13. The van der Waals surface area contributed by atoms with Crippen LogP contribution >= 0.6 is 11.3 Å². The first-order valence-corrected chi connectivity index (χ1v) is 9.82. The third kappa shape index (κ3) is 4.23. The van der Waals surface area contributed by atoms with Crippen LogP contribution in [-0.2, 0) is 19.4 Å². The number of carbonyl (C=O) groups excluding carboxylic acids is 1. The van der Waals surface area contributed by atoms with E-state index in [0.717, 1.165) is 41.1 Å². The van der Waals surface area contributed by atoms with Gasteiger partial charge in [-0.15, -0.1) is 11.3 Å². The number of amides is 1. The van der Waals surface area contributed by atoms with Gasteiger partial charge in [0.15, 0.2) is 0 Å². The van der Waals surface area contributed by atoms with Gasteiger partial charge in [0.05, 0.1) is 28.3 Å². The molecule has 0 aliphatic rings. The predicted octanol–water partition coefficient (Wildman–Crippen LogP) is 3.66. The van der Waals surface area contributed by atoms with E-state index in [4.69, 9.17) is 0 Å². The fourth-order valence-electron chi connectivity index (χ4n) is 2.86. The number of benzene rings is 1. The van der Waals surface area contributed by atoms with Crippen LogP contribution < -0.4 is 5.32 Å². The summed E-state index contributed by atoms with van der Waals surface area (Å²) in [7, 11) is 0. The number of H-pyrrole nitrogens is 1. The molecule has 0 aliphatic carbocycles. The van der Waals surface area contributed by atoms with E-state index in [0.29, 0.717) is 5.69 Å². The highest BCUT2D eigenvalue weighted by Crippen LogP contribution is 2.15. The summed E-state index contributed by atoms with van der Waals surface area (Å²) < 4.78 is 13.6. The lowest BCUT2D eigenvalue weighted by molar-refractivity contribution is 0.0945. The quantitative estimate of drug-likeness (QED) is 0.500. The van der Waals surface area contributed by atoms with E-state index in [-0.39, 0.29) is 18.1 Å². The molecule has 0 radical (unpaired) electrons. The fourth-order valence-corrected chi connectivity index (χ4v) is 3.68. The second-order valence-corrected chi connectivity index (χ2v) is 7.24. The maximum absolute atomic E-state index is 13.6. The maximum Gasteiger partial charge on any atom is 0.271 e. The molecule has 0 bridgehead atoms. The topological polar surface area (TPSA) is 83.6 Å². The van der Waals surface area contributed by atoms with Crippen molar-refractivity contribution in [2.45, 2.75) is 25.8 Å². The zero-order valence-electron chi connectivity index (χ0n) is 15.0. The van der Waals surface area contributed by atoms with Crippen molar-refractivity contribution in [2.24, 2.45) is 0 Å². The number of aromatic amines is 1. The molecule has 0 atom stereocenters. The van der Waals surface area contributed by atoms with Crippen LogP contribution in [0.4, 0.5) is 4.39 Å². The van der Waals surface area contributed by atoms with Crippen molar-refractivity contribution in [3.63, 3.8) is 0 Å². The van der Waals surface area contributed by atoms with Crippen molar-refractivity contribution >= 4 is 28.3 Å². The minimum atomic E-state index is -0.438. The highest BCUT2D eigenvalue weighted by Gasteiger charge is 2.12. The molecule has 0 saturated heterocycles. The van der Waals surface area contributed by atoms with Crippen LogP contribution in [0.5, 0.6) is 0 Å². The van der Waals surface area contributed by atoms with Crippen molar-refractivity contribution in [3.8, 4) is 0 Å². The molecule has 28 heavy (non-hydrogen) atoms. The lowest BCUT2D eigenvalue weighted by Crippen LogP contribution is -2.24. The Balaban J connectivity index is 1.29. The predicted molar refractivity (Wildman–Crippen MR) is 106 cm³/mol. The number of hydrogen-bond acceptors (Lipinski definition) is 5. The number of rotatable bonds is 7.